The minimum absolute atomic E-state index is 0.272. The third kappa shape index (κ3) is 1.60. The van der Waals surface area contributed by atoms with Crippen LogP contribution < -0.4 is 5.73 Å². The number of hydrogen-bond acceptors (Lipinski definition) is 4. The van der Waals surface area contributed by atoms with Gasteiger partial charge in [-0.05, 0) is 5.92 Å². The van der Waals surface area contributed by atoms with E-state index in [2.05, 4.69) is 24.0 Å². The maximum atomic E-state index is 5.72. The van der Waals surface area contributed by atoms with Crippen molar-refractivity contribution in [2.45, 2.75) is 19.8 Å². The zero-order valence-electron chi connectivity index (χ0n) is 9.06. The van der Waals surface area contributed by atoms with Gasteiger partial charge >= 0.3 is 0 Å². The van der Waals surface area contributed by atoms with E-state index in [1.54, 1.807) is 6.33 Å². The van der Waals surface area contributed by atoms with Crippen LogP contribution in [0.4, 0.5) is 5.88 Å². The van der Waals surface area contributed by atoms with Crippen LogP contribution in [0.15, 0.2) is 17.0 Å². The van der Waals surface area contributed by atoms with Crippen molar-refractivity contribution >= 4 is 5.88 Å². The summed E-state index contributed by atoms with van der Waals surface area (Å²) in [6, 6.07) is 0. The van der Waals surface area contributed by atoms with E-state index in [1.165, 1.54) is 0 Å². The van der Waals surface area contributed by atoms with Crippen molar-refractivity contribution in [3.05, 3.63) is 18.1 Å². The molecule has 5 nitrogen and oxygen atoms in total. The first kappa shape index (κ1) is 9.76. The van der Waals surface area contributed by atoms with Gasteiger partial charge in [-0.15, -0.1) is 0 Å². The smallest absolute Gasteiger partial charge is 0.226 e. The zero-order valence-corrected chi connectivity index (χ0v) is 9.06. The van der Waals surface area contributed by atoms with E-state index < -0.39 is 0 Å². The van der Waals surface area contributed by atoms with Gasteiger partial charge in [0.15, 0.2) is 0 Å². The molecule has 2 rings (SSSR count). The lowest BCUT2D eigenvalue weighted by Gasteiger charge is -2.02. The first-order valence-electron chi connectivity index (χ1n) is 4.83. The number of aryl methyl sites for hydroxylation is 1. The number of rotatable bonds is 2. The minimum Gasteiger partial charge on any atom is -0.367 e. The Balaban J connectivity index is 2.53. The Morgan fingerprint density at radius 3 is 2.73 bits per heavy atom. The van der Waals surface area contributed by atoms with Crippen LogP contribution in [0.2, 0.25) is 0 Å². The van der Waals surface area contributed by atoms with Gasteiger partial charge in [0.05, 0.1) is 6.33 Å². The second-order valence-electron chi connectivity index (χ2n) is 3.89. The molecule has 2 aromatic heterocycles. The number of imidazole rings is 1. The molecule has 2 N–H and O–H groups in total. The van der Waals surface area contributed by atoms with Gasteiger partial charge in [0.1, 0.15) is 11.4 Å². The Morgan fingerprint density at radius 2 is 2.20 bits per heavy atom. The summed E-state index contributed by atoms with van der Waals surface area (Å²) in [5.41, 5.74) is 8.18. The van der Waals surface area contributed by atoms with Crippen LogP contribution in [0.1, 0.15) is 25.3 Å². The van der Waals surface area contributed by atoms with Crippen molar-refractivity contribution in [2.24, 2.45) is 7.05 Å². The van der Waals surface area contributed by atoms with Gasteiger partial charge in [0.2, 0.25) is 5.88 Å². The van der Waals surface area contributed by atoms with Crippen molar-refractivity contribution in [3.63, 3.8) is 0 Å². The Labute approximate surface area is 87.9 Å². The normalized spacial score (nSPS) is 11.2. The zero-order chi connectivity index (χ0) is 11.0. The van der Waals surface area contributed by atoms with Crippen LogP contribution in [0.3, 0.4) is 0 Å². The van der Waals surface area contributed by atoms with Gasteiger partial charge in [-0.2, -0.15) is 0 Å². The average molecular weight is 206 g/mol. The van der Waals surface area contributed by atoms with Gasteiger partial charge in [-0.25, -0.2) is 4.98 Å². The second kappa shape index (κ2) is 3.42. The summed E-state index contributed by atoms with van der Waals surface area (Å²) in [4.78, 5) is 4.23. The molecule has 0 saturated heterocycles. The van der Waals surface area contributed by atoms with Crippen LogP contribution in [0.25, 0.3) is 11.4 Å². The van der Waals surface area contributed by atoms with Gasteiger partial charge in [-0.3, -0.25) is 0 Å². The third-order valence-electron chi connectivity index (χ3n) is 2.28. The van der Waals surface area contributed by atoms with Crippen molar-refractivity contribution in [1.29, 1.82) is 0 Å². The molecule has 0 aliphatic carbocycles. The van der Waals surface area contributed by atoms with Crippen molar-refractivity contribution in [2.75, 3.05) is 5.73 Å². The van der Waals surface area contributed by atoms with Crippen LogP contribution in [0.5, 0.6) is 0 Å². The number of nitrogens with zero attached hydrogens (tertiary/aromatic N) is 3. The summed E-state index contributed by atoms with van der Waals surface area (Å²) in [6.45, 7) is 4.10. The summed E-state index contributed by atoms with van der Waals surface area (Å²) >= 11 is 0. The maximum Gasteiger partial charge on any atom is 0.226 e. The molecule has 0 fully saturated rings. The van der Waals surface area contributed by atoms with E-state index in [9.17, 15) is 0 Å². The van der Waals surface area contributed by atoms with E-state index in [-0.39, 0.29) is 5.92 Å². The summed E-state index contributed by atoms with van der Waals surface area (Å²) in [5, 5.41) is 3.94. The largest absolute Gasteiger partial charge is 0.367 e. The molecule has 0 aliphatic heterocycles. The topological polar surface area (TPSA) is 69.9 Å². The van der Waals surface area contributed by atoms with Crippen LogP contribution >= 0.6 is 0 Å². The van der Waals surface area contributed by atoms with Crippen LogP contribution in [-0.2, 0) is 7.05 Å². The highest BCUT2D eigenvalue weighted by molar-refractivity contribution is 5.64. The molecule has 0 atom stereocenters. The fourth-order valence-electron chi connectivity index (χ4n) is 1.59. The highest BCUT2D eigenvalue weighted by atomic mass is 16.5. The Kier molecular flexibility index (Phi) is 2.22. The lowest BCUT2D eigenvalue weighted by atomic mass is 10.0. The molecule has 0 aliphatic rings. The molecule has 0 radical (unpaired) electrons. The van der Waals surface area contributed by atoms with Gasteiger partial charge < -0.3 is 14.8 Å². The molecule has 0 bridgehead atoms. The number of nitrogen functional groups attached to an aromatic ring is 1. The molecule has 80 valence electrons. The standard InChI is InChI=1S/C10H14N4O/c1-6(2)8-9(13-15-10(8)11)7-4-14(3)5-12-7/h4-6H,11H2,1-3H3. The molecular weight excluding hydrogens is 192 g/mol. The van der Waals surface area contributed by atoms with Crippen LogP contribution in [0, 0.1) is 0 Å². The first-order valence-corrected chi connectivity index (χ1v) is 4.83. The Hall–Kier alpha value is -1.78. The van der Waals surface area contributed by atoms with Crippen molar-refractivity contribution in [1.82, 2.24) is 14.7 Å². The van der Waals surface area contributed by atoms with E-state index in [1.807, 2.05) is 17.8 Å². The maximum absolute atomic E-state index is 5.72. The molecule has 0 aromatic carbocycles. The van der Waals surface area contributed by atoms with E-state index in [0.29, 0.717) is 5.88 Å². The molecule has 0 amide bonds. The summed E-state index contributed by atoms with van der Waals surface area (Å²) < 4.78 is 6.86. The lowest BCUT2D eigenvalue weighted by molar-refractivity contribution is 0.438. The number of hydrogen-bond donors (Lipinski definition) is 1. The molecule has 0 saturated carbocycles. The monoisotopic (exact) mass is 206 g/mol. The molecule has 15 heavy (non-hydrogen) atoms. The minimum atomic E-state index is 0.272. The molecule has 0 unspecified atom stereocenters. The quantitative estimate of drug-likeness (QED) is 0.813. The lowest BCUT2D eigenvalue weighted by Crippen LogP contribution is -1.94. The van der Waals surface area contributed by atoms with E-state index in [4.69, 9.17) is 10.3 Å². The average Bonchev–Trinajstić information content (AvgIpc) is 2.71. The molecular formula is C10H14N4O. The highest BCUT2D eigenvalue weighted by Crippen LogP contribution is 2.31. The number of anilines is 1. The van der Waals surface area contributed by atoms with Gasteiger partial charge in [-0.1, -0.05) is 19.0 Å². The Morgan fingerprint density at radius 1 is 1.47 bits per heavy atom. The summed E-state index contributed by atoms with van der Waals surface area (Å²) in [5.74, 6) is 0.652. The number of nitrogens with two attached hydrogens (primary N) is 1. The van der Waals surface area contributed by atoms with Crippen molar-refractivity contribution < 1.29 is 4.52 Å². The molecule has 2 heterocycles. The highest BCUT2D eigenvalue weighted by Gasteiger charge is 2.19. The van der Waals surface area contributed by atoms with E-state index >= 15 is 0 Å². The fourth-order valence-corrected chi connectivity index (χ4v) is 1.59. The SMILES string of the molecule is CC(C)c1c(-c2cn(C)cn2)noc1N. The predicted octanol–water partition coefficient (Wildman–Crippen LogP) is 1.78. The second-order valence-corrected chi connectivity index (χ2v) is 3.89. The van der Waals surface area contributed by atoms with E-state index in [0.717, 1.165) is 17.0 Å². The molecule has 0 spiro atoms. The van der Waals surface area contributed by atoms with Crippen molar-refractivity contribution in [3.8, 4) is 11.4 Å². The summed E-state index contributed by atoms with van der Waals surface area (Å²) in [7, 11) is 1.91. The molecule has 5 heteroatoms. The molecule has 2 aromatic rings. The Bertz CT molecular complexity index is 469. The fraction of sp³-hybridized carbons (Fsp3) is 0.400. The first-order chi connectivity index (χ1) is 7.09. The van der Waals surface area contributed by atoms with Gasteiger partial charge in [0, 0.05) is 18.8 Å². The number of aromatic nitrogens is 3. The third-order valence-corrected chi connectivity index (χ3v) is 2.28. The van der Waals surface area contributed by atoms with Crippen LogP contribution in [-0.4, -0.2) is 14.7 Å². The van der Waals surface area contributed by atoms with Gasteiger partial charge in [0.25, 0.3) is 0 Å². The summed E-state index contributed by atoms with van der Waals surface area (Å²) in [6.07, 6.45) is 3.62. The predicted molar refractivity (Wildman–Crippen MR) is 57.2 cm³/mol.